The van der Waals surface area contributed by atoms with Crippen LogP contribution in [0.15, 0.2) is 23.2 Å². The van der Waals surface area contributed by atoms with Gasteiger partial charge in [-0.3, -0.25) is 9.89 Å². The number of halogens is 1. The van der Waals surface area contributed by atoms with Gasteiger partial charge in [-0.2, -0.15) is 0 Å². The Kier molecular flexibility index (Phi) is 9.89. The van der Waals surface area contributed by atoms with Crippen molar-refractivity contribution < 1.29 is 9.47 Å². The first-order valence-electron chi connectivity index (χ1n) is 11.4. The molecule has 1 aromatic carbocycles. The molecule has 2 heterocycles. The number of likely N-dealkylation sites (tertiary alicyclic amines) is 1. The third kappa shape index (κ3) is 7.49. The van der Waals surface area contributed by atoms with E-state index in [2.05, 4.69) is 66.4 Å². The summed E-state index contributed by atoms with van der Waals surface area (Å²) in [4.78, 5) is 7.14. The van der Waals surface area contributed by atoms with Gasteiger partial charge in [0.05, 0.1) is 0 Å². The van der Waals surface area contributed by atoms with Crippen molar-refractivity contribution in [1.82, 2.24) is 15.5 Å². The Morgan fingerprint density at radius 1 is 1.16 bits per heavy atom. The summed E-state index contributed by atoms with van der Waals surface area (Å²) in [5.74, 6) is 1.77. The highest BCUT2D eigenvalue weighted by molar-refractivity contribution is 14.0. The van der Waals surface area contributed by atoms with E-state index in [1.807, 2.05) is 7.05 Å². The minimum atomic E-state index is -0.229. The summed E-state index contributed by atoms with van der Waals surface area (Å²) in [7, 11) is 1.84. The van der Waals surface area contributed by atoms with Crippen LogP contribution in [0.4, 0.5) is 0 Å². The lowest BCUT2D eigenvalue weighted by Gasteiger charge is -2.45. The lowest BCUT2D eigenvalue weighted by molar-refractivity contribution is -0.0164. The molecule has 31 heavy (non-hydrogen) atoms. The minimum Gasteiger partial charge on any atom is -0.488 e. The number of rotatable bonds is 6. The Labute approximate surface area is 205 Å². The van der Waals surface area contributed by atoms with E-state index in [1.165, 1.54) is 31.5 Å². The third-order valence-electron chi connectivity index (χ3n) is 6.09. The van der Waals surface area contributed by atoms with Crippen LogP contribution < -0.4 is 15.4 Å². The van der Waals surface area contributed by atoms with Gasteiger partial charge >= 0.3 is 0 Å². The molecule has 6 nitrogen and oxygen atoms in total. The fourth-order valence-corrected chi connectivity index (χ4v) is 4.43. The molecule has 0 atom stereocenters. The van der Waals surface area contributed by atoms with Gasteiger partial charge in [-0.15, -0.1) is 24.0 Å². The van der Waals surface area contributed by atoms with Gasteiger partial charge in [-0.05, 0) is 78.1 Å². The van der Waals surface area contributed by atoms with Crippen LogP contribution in [0.25, 0.3) is 0 Å². The van der Waals surface area contributed by atoms with Crippen molar-refractivity contribution in [2.24, 2.45) is 4.99 Å². The van der Waals surface area contributed by atoms with Crippen LogP contribution in [0.2, 0.25) is 0 Å². The first kappa shape index (κ1) is 26.2. The molecule has 3 rings (SSSR count). The normalized spacial score (nSPS) is 19.6. The van der Waals surface area contributed by atoms with Crippen LogP contribution in [-0.4, -0.2) is 61.9 Å². The second kappa shape index (κ2) is 11.7. The van der Waals surface area contributed by atoms with Gasteiger partial charge in [-0.1, -0.05) is 12.1 Å². The summed E-state index contributed by atoms with van der Waals surface area (Å²) >= 11 is 0. The molecular weight excluding hydrogens is 503 g/mol. The van der Waals surface area contributed by atoms with Crippen molar-refractivity contribution in [3.8, 4) is 5.75 Å². The van der Waals surface area contributed by atoms with Gasteiger partial charge in [0.25, 0.3) is 0 Å². The lowest BCUT2D eigenvalue weighted by Crippen LogP contribution is -2.58. The molecule has 176 valence electrons. The van der Waals surface area contributed by atoms with Crippen LogP contribution in [0.1, 0.15) is 57.6 Å². The van der Waals surface area contributed by atoms with Gasteiger partial charge in [-0.25, -0.2) is 0 Å². The number of nitrogens with one attached hydrogen (secondary N) is 2. The van der Waals surface area contributed by atoms with Crippen molar-refractivity contribution in [3.63, 3.8) is 0 Å². The van der Waals surface area contributed by atoms with E-state index in [1.54, 1.807) is 0 Å². The number of guanidine groups is 1. The highest BCUT2D eigenvalue weighted by Gasteiger charge is 2.39. The van der Waals surface area contributed by atoms with Crippen molar-refractivity contribution in [1.29, 1.82) is 0 Å². The van der Waals surface area contributed by atoms with Crippen molar-refractivity contribution >= 4 is 29.9 Å². The quantitative estimate of drug-likeness (QED) is 0.321. The predicted octanol–water partition coefficient (Wildman–Crippen LogP) is 4.10. The second-order valence-electron chi connectivity index (χ2n) is 9.64. The number of aliphatic imine (C=N–C) groups is 1. The fourth-order valence-electron chi connectivity index (χ4n) is 4.43. The van der Waals surface area contributed by atoms with E-state index >= 15 is 0 Å². The molecule has 2 saturated heterocycles. The van der Waals surface area contributed by atoms with E-state index in [4.69, 9.17) is 9.47 Å². The third-order valence-corrected chi connectivity index (χ3v) is 6.09. The molecule has 0 aromatic heterocycles. The van der Waals surface area contributed by atoms with Crippen LogP contribution in [-0.2, 0) is 11.3 Å². The number of aryl methyl sites for hydroxylation is 1. The van der Waals surface area contributed by atoms with Crippen molar-refractivity contribution in [3.05, 3.63) is 29.3 Å². The molecule has 1 aromatic rings. The monoisotopic (exact) mass is 544 g/mol. The fraction of sp³-hybridized carbons (Fsp3) is 0.708. The molecule has 0 amide bonds. The zero-order valence-electron chi connectivity index (χ0n) is 19.9. The Bertz CT molecular complexity index is 721. The number of benzene rings is 1. The van der Waals surface area contributed by atoms with Gasteiger partial charge in [0, 0.05) is 44.5 Å². The number of ether oxygens (including phenoxy) is 2. The number of nitrogens with zero attached hydrogens (tertiary/aromatic N) is 2. The van der Waals surface area contributed by atoms with Crippen LogP contribution in [0.3, 0.4) is 0 Å². The standard InChI is InChI=1S/C24H40N4O2.HI/c1-19-8-9-20(21(16-19)30-23(2,3)4)17-26-22(25-5)27-18-24(10-14-29-15-11-24)28-12-6-7-13-28;/h8-9,16H,6-7,10-15,17-18H2,1-5H3,(H2,25,26,27);1H. The molecule has 0 aliphatic carbocycles. The molecule has 2 fully saturated rings. The molecule has 2 aliphatic rings. The molecule has 0 unspecified atom stereocenters. The lowest BCUT2D eigenvalue weighted by atomic mass is 9.88. The van der Waals surface area contributed by atoms with E-state index in [-0.39, 0.29) is 35.1 Å². The van der Waals surface area contributed by atoms with Crippen LogP contribution in [0.5, 0.6) is 5.75 Å². The topological polar surface area (TPSA) is 58.1 Å². The van der Waals surface area contributed by atoms with E-state index in [0.29, 0.717) is 6.54 Å². The molecule has 0 radical (unpaired) electrons. The predicted molar refractivity (Wildman–Crippen MR) is 139 cm³/mol. The first-order valence-corrected chi connectivity index (χ1v) is 11.4. The van der Waals surface area contributed by atoms with Crippen molar-refractivity contribution in [2.45, 2.75) is 71.1 Å². The Morgan fingerprint density at radius 2 is 1.84 bits per heavy atom. The maximum absolute atomic E-state index is 6.20. The number of hydrogen-bond donors (Lipinski definition) is 2. The summed E-state index contributed by atoms with van der Waals surface area (Å²) in [5.41, 5.74) is 2.29. The maximum atomic E-state index is 6.20. The minimum absolute atomic E-state index is 0. The van der Waals surface area contributed by atoms with E-state index < -0.39 is 0 Å². The van der Waals surface area contributed by atoms with Crippen LogP contribution in [0, 0.1) is 6.92 Å². The zero-order valence-corrected chi connectivity index (χ0v) is 22.3. The Hall–Kier alpha value is -1.06. The Balaban J connectivity index is 0.00000341. The number of hydrogen-bond acceptors (Lipinski definition) is 4. The summed E-state index contributed by atoms with van der Waals surface area (Å²) < 4.78 is 11.9. The van der Waals surface area contributed by atoms with E-state index in [0.717, 1.165) is 49.9 Å². The average molecular weight is 545 g/mol. The summed E-state index contributed by atoms with van der Waals surface area (Å²) in [6.07, 6.45) is 4.77. The zero-order chi connectivity index (χ0) is 21.6. The van der Waals surface area contributed by atoms with Gasteiger partial charge in [0.15, 0.2) is 5.96 Å². The molecule has 0 bridgehead atoms. The summed E-state index contributed by atoms with van der Waals surface area (Å²) in [5, 5.41) is 7.09. The van der Waals surface area contributed by atoms with Crippen molar-refractivity contribution in [2.75, 3.05) is 39.9 Å². The molecule has 2 aliphatic heterocycles. The van der Waals surface area contributed by atoms with Gasteiger partial charge in [0.2, 0.25) is 0 Å². The van der Waals surface area contributed by atoms with Gasteiger partial charge in [0.1, 0.15) is 11.4 Å². The molecule has 0 saturated carbocycles. The SMILES string of the molecule is CN=C(NCc1ccc(C)cc1OC(C)(C)C)NCC1(N2CCCC2)CCOCC1.I. The van der Waals surface area contributed by atoms with E-state index in [9.17, 15) is 0 Å². The summed E-state index contributed by atoms with van der Waals surface area (Å²) in [6, 6.07) is 6.39. The average Bonchev–Trinajstić information content (AvgIpc) is 3.24. The molecule has 0 spiro atoms. The second-order valence-corrected chi connectivity index (χ2v) is 9.64. The first-order chi connectivity index (χ1) is 14.3. The molecule has 2 N–H and O–H groups in total. The smallest absolute Gasteiger partial charge is 0.191 e. The molecule has 7 heteroatoms. The summed E-state index contributed by atoms with van der Waals surface area (Å²) in [6.45, 7) is 14.0. The highest BCUT2D eigenvalue weighted by Crippen LogP contribution is 2.31. The maximum Gasteiger partial charge on any atom is 0.191 e. The van der Waals surface area contributed by atoms with Gasteiger partial charge < -0.3 is 20.1 Å². The van der Waals surface area contributed by atoms with Crippen LogP contribution >= 0.6 is 24.0 Å². The Morgan fingerprint density at radius 3 is 2.45 bits per heavy atom. The molecular formula is C24H41IN4O2. The highest BCUT2D eigenvalue weighted by atomic mass is 127. The largest absolute Gasteiger partial charge is 0.488 e.